The number of aromatic amines is 1. The molecule has 11 rings (SSSR count). The highest BCUT2D eigenvalue weighted by Crippen LogP contribution is 2.55. The van der Waals surface area contributed by atoms with Gasteiger partial charge in [-0.1, -0.05) is 24.3 Å². The van der Waals surface area contributed by atoms with E-state index in [0.717, 1.165) is 81.7 Å². The number of H-pyrrole nitrogens is 1. The van der Waals surface area contributed by atoms with E-state index in [4.69, 9.17) is 14.5 Å². The Hall–Kier alpha value is -5.79. The molecule has 1 amide bonds. The van der Waals surface area contributed by atoms with Crippen molar-refractivity contribution in [1.82, 2.24) is 19.6 Å². The number of sulfonamides is 1. The molecule has 6 aliphatic rings. The molecule has 6 heterocycles. The molecule has 1 spiro atoms. The molecule has 72 heavy (non-hydrogen) atoms. The second kappa shape index (κ2) is 18.6. The lowest BCUT2D eigenvalue weighted by Gasteiger charge is -2.58. The van der Waals surface area contributed by atoms with Crippen LogP contribution in [-0.2, 0) is 14.8 Å². The van der Waals surface area contributed by atoms with E-state index >= 15 is 0 Å². The maximum absolute atomic E-state index is 14.7. The van der Waals surface area contributed by atoms with Crippen molar-refractivity contribution in [3.63, 3.8) is 0 Å². The monoisotopic (exact) mass is 1000 g/mol. The zero-order chi connectivity index (χ0) is 50.2. The summed E-state index contributed by atoms with van der Waals surface area (Å²) in [6.07, 6.45) is 10.4. The van der Waals surface area contributed by atoms with Crippen molar-refractivity contribution in [3.8, 4) is 5.88 Å². The number of likely N-dealkylation sites (tertiary alicyclic amines) is 1. The Morgan fingerprint density at radius 3 is 2.46 bits per heavy atom. The van der Waals surface area contributed by atoms with Gasteiger partial charge in [0.25, 0.3) is 21.6 Å². The van der Waals surface area contributed by atoms with Crippen molar-refractivity contribution in [2.45, 2.75) is 132 Å². The summed E-state index contributed by atoms with van der Waals surface area (Å²) in [5.41, 5.74) is 3.86. The lowest BCUT2D eigenvalue weighted by molar-refractivity contribution is -0.384. The number of nitro benzene ring substituents is 1. The maximum atomic E-state index is 14.7. The van der Waals surface area contributed by atoms with E-state index < -0.39 is 48.7 Å². The summed E-state index contributed by atoms with van der Waals surface area (Å²) in [7, 11) is -4.63. The van der Waals surface area contributed by atoms with Crippen LogP contribution in [0.1, 0.15) is 112 Å². The Bertz CT molecular complexity index is 2990. The minimum Gasteiger partial charge on any atom is -0.468 e. The Balaban J connectivity index is 0.866. The molecule has 2 saturated carbocycles. The lowest BCUT2D eigenvalue weighted by atomic mass is 9.59. The van der Waals surface area contributed by atoms with Crippen LogP contribution in [-0.4, -0.2) is 113 Å². The second-order valence-electron chi connectivity index (χ2n) is 22.2. The number of aromatic nitrogens is 2. The van der Waals surface area contributed by atoms with Crippen LogP contribution in [0.5, 0.6) is 5.88 Å². The van der Waals surface area contributed by atoms with Gasteiger partial charge in [0.05, 0.1) is 44.9 Å². The number of fused-ring (bicyclic) bond motifs is 3. The molecule has 0 unspecified atom stereocenters. The fourth-order valence-electron chi connectivity index (χ4n) is 12.7. The van der Waals surface area contributed by atoms with E-state index in [1.54, 1.807) is 12.3 Å². The highest BCUT2D eigenvalue weighted by Gasteiger charge is 2.51. The molecule has 0 radical (unpaired) electrons. The van der Waals surface area contributed by atoms with Crippen LogP contribution in [0.2, 0.25) is 0 Å². The van der Waals surface area contributed by atoms with Crippen molar-refractivity contribution in [2.75, 3.05) is 54.5 Å². The Morgan fingerprint density at radius 2 is 1.69 bits per heavy atom. The number of carbonyl (C=O) groups is 1. The van der Waals surface area contributed by atoms with Crippen molar-refractivity contribution < 1.29 is 37.8 Å². The first-order valence-corrected chi connectivity index (χ1v) is 27.2. The fourth-order valence-corrected chi connectivity index (χ4v) is 13.7. The SMILES string of the molecule is Cc1ccccc1[C@@H]1C[C@](C)(O)CCN1C1CC2(CCN(c3ccc(C(=O)NS(=O)(=O)c4ccc(NCC5CCC(C)(O)CC5)c([N+](=O)[O-])c4)c(N4c5cc6cc[nH]c6nc5O[C@H]5COCC[C@@H]54)c3)CC2)C1. The number of ether oxygens (including phenoxy) is 2. The molecule has 5 N–H and O–H groups in total. The third kappa shape index (κ3) is 9.40. The van der Waals surface area contributed by atoms with Gasteiger partial charge in [-0.2, -0.15) is 4.98 Å². The molecule has 4 aliphatic heterocycles. The van der Waals surface area contributed by atoms with Crippen LogP contribution >= 0.6 is 0 Å². The predicted molar refractivity (Wildman–Crippen MR) is 275 cm³/mol. The molecule has 2 aliphatic carbocycles. The number of aliphatic hydroxyl groups is 2. The first kappa shape index (κ1) is 48.5. The van der Waals surface area contributed by atoms with Gasteiger partial charge in [0.2, 0.25) is 5.88 Å². The number of amides is 1. The molecule has 0 bridgehead atoms. The molecule has 3 saturated heterocycles. The summed E-state index contributed by atoms with van der Waals surface area (Å²) in [6, 6.07) is 22.0. The first-order valence-electron chi connectivity index (χ1n) is 25.7. The van der Waals surface area contributed by atoms with Gasteiger partial charge in [-0.15, -0.1) is 0 Å². The highest BCUT2D eigenvalue weighted by atomic mass is 32.2. The lowest BCUT2D eigenvalue weighted by Crippen LogP contribution is -2.58. The molecule has 5 aromatic rings. The number of nitro groups is 1. The summed E-state index contributed by atoms with van der Waals surface area (Å²) in [6.45, 7) is 9.61. The number of anilines is 4. The van der Waals surface area contributed by atoms with Crippen molar-refractivity contribution in [2.24, 2.45) is 11.3 Å². The smallest absolute Gasteiger partial charge is 0.293 e. The van der Waals surface area contributed by atoms with Crippen LogP contribution in [0, 0.1) is 28.4 Å². The Kier molecular flexibility index (Phi) is 12.5. The van der Waals surface area contributed by atoms with Crippen LogP contribution in [0.4, 0.5) is 28.4 Å². The number of piperidine rings is 2. The zero-order valence-electron chi connectivity index (χ0n) is 41.3. The molecule has 3 aromatic carbocycles. The first-order chi connectivity index (χ1) is 34.4. The summed E-state index contributed by atoms with van der Waals surface area (Å²) < 4.78 is 43.0. The summed E-state index contributed by atoms with van der Waals surface area (Å²) in [5, 5.41) is 38.0. The molecule has 4 atom stereocenters. The summed E-state index contributed by atoms with van der Waals surface area (Å²) in [4.78, 5) is 41.1. The topological polar surface area (TPSA) is 216 Å². The fraction of sp³-hybridized carbons (Fsp3) is 0.519. The predicted octanol–water partition coefficient (Wildman–Crippen LogP) is 8.28. The van der Waals surface area contributed by atoms with Crippen molar-refractivity contribution in [3.05, 3.63) is 106 Å². The summed E-state index contributed by atoms with van der Waals surface area (Å²) >= 11 is 0. The third-order valence-corrected chi connectivity index (χ3v) is 18.4. The van der Waals surface area contributed by atoms with Crippen LogP contribution in [0.3, 0.4) is 0 Å². The minimum atomic E-state index is -4.63. The molecular formula is C54H66N8O9S. The summed E-state index contributed by atoms with van der Waals surface area (Å²) in [5.74, 6) is -0.333. The number of carbonyl (C=O) groups excluding carboxylic acids is 1. The van der Waals surface area contributed by atoms with E-state index in [1.165, 1.54) is 23.3 Å². The number of hydrogen-bond acceptors (Lipinski definition) is 14. The highest BCUT2D eigenvalue weighted by molar-refractivity contribution is 7.90. The molecular weight excluding hydrogens is 937 g/mol. The van der Waals surface area contributed by atoms with Gasteiger partial charge in [-0.25, -0.2) is 13.1 Å². The van der Waals surface area contributed by atoms with Gasteiger partial charge in [-0.05, 0) is 156 Å². The Labute approximate surface area is 420 Å². The molecule has 18 heteroatoms. The Morgan fingerprint density at radius 1 is 0.917 bits per heavy atom. The van der Waals surface area contributed by atoms with Gasteiger partial charge in [0, 0.05) is 68.2 Å². The second-order valence-corrected chi connectivity index (χ2v) is 23.9. The largest absolute Gasteiger partial charge is 0.468 e. The van der Waals surface area contributed by atoms with E-state index in [2.05, 4.69) is 60.9 Å². The third-order valence-electron chi connectivity index (χ3n) is 17.0. The number of rotatable bonds is 11. The van der Waals surface area contributed by atoms with Crippen LogP contribution in [0.15, 0.2) is 83.9 Å². The van der Waals surface area contributed by atoms with Crippen molar-refractivity contribution >= 4 is 55.4 Å². The van der Waals surface area contributed by atoms with Crippen LogP contribution in [0.25, 0.3) is 11.0 Å². The average Bonchev–Trinajstić information content (AvgIpc) is 3.81. The standard InChI is InChI=1S/C54H66N8O9S/c1-34-6-4-5-7-40(34)47-31-53(3,65)18-24-60(47)38-29-54(30-38)19-22-59(23-20-54)37-8-10-41(44(27-37)61-43-15-25-70-33-48(43)71-51-46(61)26-36-14-21-55-49(36)57-51)50(63)58-72(68,69)39-9-11-42(45(28-39)62(66)67)56-32-35-12-16-52(2,64)17-13-35/h4-11,14,21,26-28,35,38,43,47-48,56,64-65H,12-13,15-20,22-25,29-33H2,1-3H3,(H,55,57)(H,58,63)/t35?,43-,47-,48-,52?,53+/m0/s1. The molecule has 2 aromatic heterocycles. The maximum Gasteiger partial charge on any atom is 0.293 e. The van der Waals surface area contributed by atoms with Gasteiger partial charge in [0.1, 0.15) is 23.1 Å². The van der Waals surface area contributed by atoms with E-state index in [-0.39, 0.29) is 34.7 Å². The average molecular weight is 1000 g/mol. The number of aryl methyl sites for hydroxylation is 1. The molecule has 17 nitrogen and oxygen atoms in total. The number of hydrogen-bond donors (Lipinski definition) is 5. The van der Waals surface area contributed by atoms with Gasteiger partial charge in [0.15, 0.2) is 0 Å². The van der Waals surface area contributed by atoms with Crippen LogP contribution < -0.4 is 24.6 Å². The molecule has 5 fully saturated rings. The number of pyridine rings is 1. The van der Waals surface area contributed by atoms with E-state index in [0.29, 0.717) is 74.4 Å². The van der Waals surface area contributed by atoms with Gasteiger partial charge < -0.3 is 39.8 Å². The zero-order valence-corrected chi connectivity index (χ0v) is 42.1. The normalized spacial score (nSPS) is 27.6. The number of nitrogens with zero attached hydrogens (tertiary/aromatic N) is 5. The van der Waals surface area contributed by atoms with Crippen molar-refractivity contribution in [1.29, 1.82) is 0 Å². The number of nitrogens with one attached hydrogen (secondary N) is 3. The number of benzene rings is 3. The minimum absolute atomic E-state index is 0.104. The van der Waals surface area contributed by atoms with E-state index in [1.807, 2.05) is 38.1 Å². The van der Waals surface area contributed by atoms with E-state index in [9.17, 15) is 33.5 Å². The quantitative estimate of drug-likeness (QED) is 0.0622. The van der Waals surface area contributed by atoms with Gasteiger partial charge >= 0.3 is 0 Å². The molecule has 382 valence electrons. The van der Waals surface area contributed by atoms with Gasteiger partial charge in [-0.3, -0.25) is 19.8 Å².